The molecule has 1 unspecified atom stereocenters. The number of ether oxygens (including phenoxy) is 1. The van der Waals surface area contributed by atoms with E-state index < -0.39 is 28.0 Å². The van der Waals surface area contributed by atoms with E-state index in [1.54, 1.807) is 20.8 Å². The van der Waals surface area contributed by atoms with E-state index in [1.165, 1.54) is 29.2 Å². The number of rotatable bonds is 3. The van der Waals surface area contributed by atoms with E-state index >= 15 is 0 Å². The topological polar surface area (TPSA) is 107 Å². The fraction of sp³-hybridized carbons (Fsp3) is 0.533. The van der Waals surface area contributed by atoms with Crippen LogP contribution < -0.4 is 4.31 Å². The van der Waals surface area contributed by atoms with E-state index in [0.29, 0.717) is 13.0 Å². The summed E-state index contributed by atoms with van der Waals surface area (Å²) in [5.74, 6) is -0.0177. The molecule has 24 heavy (non-hydrogen) atoms. The second kappa shape index (κ2) is 6.48. The molecule has 1 amide bonds. The Bertz CT molecular complexity index is 696. The van der Waals surface area contributed by atoms with Crippen LogP contribution in [0.4, 0.5) is 10.5 Å². The maximum absolute atomic E-state index is 12.1. The number of aromatic hydroxyl groups is 1. The first-order valence-electron chi connectivity index (χ1n) is 7.51. The quantitative estimate of drug-likeness (QED) is 0.801. The highest BCUT2D eigenvalue weighted by Crippen LogP contribution is 2.28. The number of amides is 1. The Labute approximate surface area is 141 Å². The Morgan fingerprint density at radius 1 is 1.29 bits per heavy atom. The number of hydrogen-bond donors (Lipinski definition) is 2. The van der Waals surface area contributed by atoms with Gasteiger partial charge in [0.05, 0.1) is 11.7 Å². The van der Waals surface area contributed by atoms with Gasteiger partial charge in [-0.2, -0.15) is 8.42 Å². The van der Waals surface area contributed by atoms with Crippen molar-refractivity contribution in [3.05, 3.63) is 24.3 Å². The lowest BCUT2D eigenvalue weighted by Gasteiger charge is -2.28. The summed E-state index contributed by atoms with van der Waals surface area (Å²) in [6, 6.07) is 4.82. The first kappa shape index (κ1) is 18.3. The first-order chi connectivity index (χ1) is 11.0. The molecule has 1 fully saturated rings. The fourth-order valence-electron chi connectivity index (χ4n) is 2.56. The minimum atomic E-state index is -4.53. The van der Waals surface area contributed by atoms with E-state index in [1.807, 2.05) is 0 Å². The number of hydrogen-bond acceptors (Lipinski definition) is 5. The zero-order valence-electron chi connectivity index (χ0n) is 13.8. The van der Waals surface area contributed by atoms with Gasteiger partial charge in [-0.05, 0) is 51.5 Å². The molecular weight excluding hydrogens is 336 g/mol. The van der Waals surface area contributed by atoms with Crippen molar-refractivity contribution >= 4 is 22.1 Å². The second-order valence-electron chi connectivity index (χ2n) is 6.66. The van der Waals surface area contributed by atoms with Gasteiger partial charge in [-0.1, -0.05) is 0 Å². The molecule has 0 radical (unpaired) electrons. The highest BCUT2D eigenvalue weighted by atomic mass is 32.2. The van der Waals surface area contributed by atoms with Gasteiger partial charge in [0.2, 0.25) is 0 Å². The maximum Gasteiger partial charge on any atom is 0.410 e. The fourth-order valence-corrected chi connectivity index (χ4v) is 3.49. The van der Waals surface area contributed by atoms with Gasteiger partial charge in [-0.3, -0.25) is 4.55 Å². The SMILES string of the molecule is CC(C)(C)OC(=O)N1CCC(N(c2ccc(O)cc2)S(=O)(=O)O)C1. The Morgan fingerprint density at radius 3 is 2.38 bits per heavy atom. The van der Waals surface area contributed by atoms with Gasteiger partial charge in [0, 0.05) is 13.1 Å². The number of nitrogens with zero attached hydrogens (tertiary/aromatic N) is 2. The van der Waals surface area contributed by atoms with E-state index in [0.717, 1.165) is 4.31 Å². The van der Waals surface area contributed by atoms with E-state index in [9.17, 15) is 22.9 Å². The number of carbonyl (C=O) groups is 1. The normalized spacial score (nSPS) is 18.5. The standard InChI is InChI=1S/C15H22N2O6S/c1-15(2,3)23-14(19)16-9-8-12(10-16)17(24(20,21)22)11-4-6-13(18)7-5-11/h4-7,12,18H,8-10H2,1-3H3,(H,20,21,22). The van der Waals surface area contributed by atoms with Gasteiger partial charge >= 0.3 is 16.4 Å². The molecule has 0 aliphatic carbocycles. The molecule has 1 atom stereocenters. The van der Waals surface area contributed by atoms with Crippen LogP contribution in [0.3, 0.4) is 0 Å². The van der Waals surface area contributed by atoms with Crippen molar-refractivity contribution in [2.75, 3.05) is 17.4 Å². The van der Waals surface area contributed by atoms with Crippen LogP contribution in [0.2, 0.25) is 0 Å². The number of carbonyl (C=O) groups excluding carboxylic acids is 1. The molecule has 8 nitrogen and oxygen atoms in total. The Hall–Kier alpha value is -2.00. The smallest absolute Gasteiger partial charge is 0.410 e. The van der Waals surface area contributed by atoms with Crippen molar-refractivity contribution in [3.8, 4) is 5.75 Å². The van der Waals surface area contributed by atoms with Crippen LogP contribution in [-0.4, -0.2) is 53.8 Å². The summed E-state index contributed by atoms with van der Waals surface area (Å²) < 4.78 is 39.3. The monoisotopic (exact) mass is 358 g/mol. The van der Waals surface area contributed by atoms with E-state index in [4.69, 9.17) is 4.74 Å². The van der Waals surface area contributed by atoms with Crippen molar-refractivity contribution in [2.45, 2.75) is 38.8 Å². The third-order valence-corrected chi connectivity index (χ3v) is 4.51. The van der Waals surface area contributed by atoms with Crippen molar-refractivity contribution in [2.24, 2.45) is 0 Å². The summed E-state index contributed by atoms with van der Waals surface area (Å²) >= 11 is 0. The van der Waals surface area contributed by atoms with Gasteiger partial charge in [-0.15, -0.1) is 0 Å². The average Bonchev–Trinajstić information content (AvgIpc) is 2.87. The van der Waals surface area contributed by atoms with Crippen LogP contribution in [0.25, 0.3) is 0 Å². The average molecular weight is 358 g/mol. The molecule has 0 bridgehead atoms. The van der Waals surface area contributed by atoms with Gasteiger partial charge in [0.25, 0.3) is 0 Å². The molecule has 0 aromatic heterocycles. The summed E-state index contributed by atoms with van der Waals surface area (Å²) in [4.78, 5) is 13.5. The highest BCUT2D eigenvalue weighted by Gasteiger charge is 2.37. The molecule has 1 aromatic carbocycles. The third kappa shape index (κ3) is 4.51. The van der Waals surface area contributed by atoms with E-state index in [2.05, 4.69) is 0 Å². The summed E-state index contributed by atoms with van der Waals surface area (Å²) in [6.07, 6.45) is -0.161. The summed E-state index contributed by atoms with van der Waals surface area (Å²) in [5, 5.41) is 9.33. The largest absolute Gasteiger partial charge is 0.508 e. The Balaban J connectivity index is 2.18. The molecule has 1 saturated heterocycles. The molecule has 9 heteroatoms. The summed E-state index contributed by atoms with van der Waals surface area (Å²) in [6.45, 7) is 5.68. The van der Waals surface area contributed by atoms with Crippen molar-refractivity contribution < 1.29 is 27.6 Å². The molecule has 0 spiro atoms. The highest BCUT2D eigenvalue weighted by molar-refractivity contribution is 7.87. The van der Waals surface area contributed by atoms with Gasteiger partial charge < -0.3 is 14.7 Å². The van der Waals surface area contributed by atoms with Crippen molar-refractivity contribution in [1.29, 1.82) is 0 Å². The molecule has 1 heterocycles. The lowest BCUT2D eigenvalue weighted by atomic mass is 10.2. The zero-order chi connectivity index (χ0) is 18.1. The lowest BCUT2D eigenvalue weighted by molar-refractivity contribution is 0.0292. The molecule has 0 saturated carbocycles. The minimum Gasteiger partial charge on any atom is -0.508 e. The number of likely N-dealkylation sites (tertiary alicyclic amines) is 1. The molecule has 134 valence electrons. The van der Waals surface area contributed by atoms with Gasteiger partial charge in [0.1, 0.15) is 11.4 Å². The lowest BCUT2D eigenvalue weighted by Crippen LogP contribution is -2.43. The van der Waals surface area contributed by atoms with E-state index in [-0.39, 0.29) is 18.0 Å². The second-order valence-corrected chi connectivity index (χ2v) is 7.95. The van der Waals surface area contributed by atoms with Crippen LogP contribution in [-0.2, 0) is 15.0 Å². The number of phenolic OH excluding ortho intramolecular Hbond substituents is 1. The maximum atomic E-state index is 12.1. The van der Waals surface area contributed by atoms with Gasteiger partial charge in [0.15, 0.2) is 0 Å². The molecular formula is C15H22N2O6S. The van der Waals surface area contributed by atoms with Crippen LogP contribution in [0.5, 0.6) is 5.75 Å². The predicted molar refractivity (Wildman–Crippen MR) is 88.3 cm³/mol. The number of phenols is 1. The zero-order valence-corrected chi connectivity index (χ0v) is 14.7. The molecule has 2 N–H and O–H groups in total. The number of benzene rings is 1. The number of anilines is 1. The molecule has 1 aromatic rings. The van der Waals surface area contributed by atoms with Crippen molar-refractivity contribution in [1.82, 2.24) is 4.90 Å². The predicted octanol–water partition coefficient (Wildman–Crippen LogP) is 2.01. The first-order valence-corrected chi connectivity index (χ1v) is 8.91. The minimum absolute atomic E-state index is 0.0177. The Kier molecular flexibility index (Phi) is 4.95. The van der Waals surface area contributed by atoms with Crippen molar-refractivity contribution in [3.63, 3.8) is 0 Å². The van der Waals surface area contributed by atoms with Crippen LogP contribution in [0, 0.1) is 0 Å². The summed E-state index contributed by atoms with van der Waals surface area (Å²) in [7, 11) is -4.53. The summed E-state index contributed by atoms with van der Waals surface area (Å²) in [5.41, 5.74) is -0.430. The van der Waals surface area contributed by atoms with Crippen LogP contribution in [0.15, 0.2) is 24.3 Å². The third-order valence-electron chi connectivity index (χ3n) is 3.50. The molecule has 1 aliphatic rings. The molecule has 1 aliphatic heterocycles. The Morgan fingerprint density at radius 2 is 1.88 bits per heavy atom. The van der Waals surface area contributed by atoms with Crippen LogP contribution >= 0.6 is 0 Å². The van der Waals surface area contributed by atoms with Gasteiger partial charge in [-0.25, -0.2) is 9.10 Å². The van der Waals surface area contributed by atoms with Crippen LogP contribution in [0.1, 0.15) is 27.2 Å². The molecule has 2 rings (SSSR count).